The fraction of sp³-hybridized carbons (Fsp3) is 0.160. The summed E-state index contributed by atoms with van der Waals surface area (Å²) in [7, 11) is 0. The second-order valence-corrected chi connectivity index (χ2v) is 9.16. The number of carbonyl (C=O) groups excluding carboxylic acids is 1. The normalized spacial score (nSPS) is 16.5. The maximum atomic E-state index is 13.4. The Bertz CT molecular complexity index is 1250. The van der Waals surface area contributed by atoms with Crippen molar-refractivity contribution in [3.8, 4) is 0 Å². The maximum absolute atomic E-state index is 13.4. The van der Waals surface area contributed by atoms with Crippen LogP contribution in [0.1, 0.15) is 22.1 Å². The number of nitrogens with zero attached hydrogens (tertiary/aromatic N) is 2. The second-order valence-electron chi connectivity index (χ2n) is 7.88. The quantitative estimate of drug-likeness (QED) is 0.346. The van der Waals surface area contributed by atoms with E-state index >= 15 is 0 Å². The largest absolute Gasteiger partial charge is 0.360 e. The van der Waals surface area contributed by atoms with Crippen LogP contribution in [0.3, 0.4) is 0 Å². The van der Waals surface area contributed by atoms with E-state index in [1.807, 2.05) is 71.6 Å². The monoisotopic (exact) mass is 483 g/mol. The van der Waals surface area contributed by atoms with Crippen molar-refractivity contribution in [3.63, 3.8) is 0 Å². The number of rotatable bonds is 3. The molecule has 0 radical (unpaired) electrons. The molecule has 0 saturated carbocycles. The molecule has 1 fully saturated rings. The lowest BCUT2D eigenvalue weighted by Gasteiger charge is -2.43. The number of amides is 1. The average Bonchev–Trinajstić information content (AvgIpc) is 3.23. The summed E-state index contributed by atoms with van der Waals surface area (Å²) in [6, 6.07) is 23.0. The fourth-order valence-corrected chi connectivity index (χ4v) is 4.94. The van der Waals surface area contributed by atoms with Crippen molar-refractivity contribution in [1.82, 2.24) is 9.88 Å². The molecule has 7 heteroatoms. The molecule has 5 rings (SSSR count). The van der Waals surface area contributed by atoms with Crippen LogP contribution in [0, 0.1) is 0 Å². The molecule has 32 heavy (non-hydrogen) atoms. The number of para-hydroxylation sites is 1. The van der Waals surface area contributed by atoms with Gasteiger partial charge in [0.25, 0.3) is 5.91 Å². The zero-order valence-electron chi connectivity index (χ0n) is 17.1. The maximum Gasteiger partial charge on any atom is 0.270 e. The summed E-state index contributed by atoms with van der Waals surface area (Å²) < 4.78 is 0. The number of piperazine rings is 1. The van der Waals surface area contributed by atoms with Crippen molar-refractivity contribution in [2.24, 2.45) is 0 Å². The van der Waals surface area contributed by atoms with Gasteiger partial charge < -0.3 is 14.8 Å². The molecule has 4 nitrogen and oxygen atoms in total. The Labute approximate surface area is 201 Å². The molecular weight excluding hydrogens is 465 g/mol. The van der Waals surface area contributed by atoms with Crippen molar-refractivity contribution in [1.29, 1.82) is 0 Å². The highest BCUT2D eigenvalue weighted by Gasteiger charge is 2.32. The molecule has 162 valence electrons. The Kier molecular flexibility index (Phi) is 5.76. The lowest BCUT2D eigenvalue weighted by atomic mass is 10.0. The van der Waals surface area contributed by atoms with Gasteiger partial charge in [0.1, 0.15) is 5.69 Å². The zero-order valence-corrected chi connectivity index (χ0v) is 19.3. The van der Waals surface area contributed by atoms with Gasteiger partial charge in [-0.3, -0.25) is 4.79 Å². The third-order valence-corrected chi connectivity index (χ3v) is 6.69. The molecule has 1 unspecified atom stereocenters. The molecule has 1 amide bonds. The molecule has 0 aliphatic carbocycles. The van der Waals surface area contributed by atoms with Crippen LogP contribution in [0.15, 0.2) is 72.8 Å². The zero-order chi connectivity index (χ0) is 22.2. The van der Waals surface area contributed by atoms with Gasteiger partial charge in [-0.15, -0.1) is 0 Å². The first-order valence-electron chi connectivity index (χ1n) is 10.3. The number of hydrogen-bond donors (Lipinski definition) is 1. The number of aromatic nitrogens is 1. The van der Waals surface area contributed by atoms with E-state index in [9.17, 15) is 4.79 Å². The Morgan fingerprint density at radius 2 is 1.62 bits per heavy atom. The predicted molar refractivity (Wildman–Crippen MR) is 132 cm³/mol. The van der Waals surface area contributed by atoms with Crippen molar-refractivity contribution in [2.75, 3.05) is 24.5 Å². The number of hydrogen-bond acceptors (Lipinski definition) is 2. The molecule has 2 heterocycles. The van der Waals surface area contributed by atoms with Gasteiger partial charge in [0, 0.05) is 40.6 Å². The summed E-state index contributed by atoms with van der Waals surface area (Å²) in [6.07, 6.45) is 0. The van der Waals surface area contributed by atoms with E-state index in [1.54, 1.807) is 6.07 Å². The van der Waals surface area contributed by atoms with Crippen LogP contribution in [0.5, 0.6) is 0 Å². The third-order valence-electron chi connectivity index (χ3n) is 5.90. The smallest absolute Gasteiger partial charge is 0.270 e. The molecule has 1 N–H and O–H groups in total. The first-order chi connectivity index (χ1) is 15.5. The van der Waals surface area contributed by atoms with E-state index in [2.05, 4.69) is 9.88 Å². The van der Waals surface area contributed by atoms with E-state index in [1.165, 1.54) is 0 Å². The van der Waals surface area contributed by atoms with Gasteiger partial charge in [0.05, 0.1) is 16.8 Å². The van der Waals surface area contributed by atoms with E-state index in [-0.39, 0.29) is 11.9 Å². The molecule has 1 aliphatic heterocycles. The number of anilines is 1. The van der Waals surface area contributed by atoms with Gasteiger partial charge in [-0.25, -0.2) is 0 Å². The highest BCUT2D eigenvalue weighted by molar-refractivity contribution is 6.36. The Balaban J connectivity index is 1.48. The Morgan fingerprint density at radius 3 is 2.38 bits per heavy atom. The molecule has 3 aromatic carbocycles. The lowest BCUT2D eigenvalue weighted by Crippen LogP contribution is -2.50. The van der Waals surface area contributed by atoms with Crippen molar-refractivity contribution in [2.45, 2.75) is 6.04 Å². The van der Waals surface area contributed by atoms with Crippen LogP contribution < -0.4 is 4.90 Å². The average molecular weight is 485 g/mol. The van der Waals surface area contributed by atoms with E-state index in [0.717, 1.165) is 22.2 Å². The van der Waals surface area contributed by atoms with Gasteiger partial charge in [-0.2, -0.15) is 0 Å². The van der Waals surface area contributed by atoms with Crippen molar-refractivity contribution >= 4 is 57.3 Å². The summed E-state index contributed by atoms with van der Waals surface area (Å²) in [5.74, 6) is -0.0120. The van der Waals surface area contributed by atoms with Gasteiger partial charge in [-0.05, 0) is 48.0 Å². The van der Waals surface area contributed by atoms with Crippen LogP contribution in [0.2, 0.25) is 15.1 Å². The van der Waals surface area contributed by atoms with Crippen molar-refractivity contribution in [3.05, 3.63) is 99.1 Å². The Morgan fingerprint density at radius 1 is 0.875 bits per heavy atom. The molecule has 1 saturated heterocycles. The highest BCUT2D eigenvalue weighted by atomic mass is 35.5. The van der Waals surface area contributed by atoms with E-state index in [0.29, 0.717) is 40.4 Å². The summed E-state index contributed by atoms with van der Waals surface area (Å²) in [5, 5.41) is 2.88. The number of H-pyrrole nitrogens is 1. The van der Waals surface area contributed by atoms with E-state index < -0.39 is 0 Å². The number of benzene rings is 3. The molecule has 4 aromatic rings. The lowest BCUT2D eigenvalue weighted by molar-refractivity contribution is 0.0717. The van der Waals surface area contributed by atoms with Crippen molar-refractivity contribution < 1.29 is 4.79 Å². The molecule has 1 aliphatic rings. The number of aromatic amines is 1. The van der Waals surface area contributed by atoms with Crippen LogP contribution >= 0.6 is 34.8 Å². The summed E-state index contributed by atoms with van der Waals surface area (Å²) in [6.45, 7) is 1.74. The van der Waals surface area contributed by atoms with Gasteiger partial charge in [0.2, 0.25) is 0 Å². The van der Waals surface area contributed by atoms with Crippen LogP contribution in [-0.4, -0.2) is 35.4 Å². The minimum absolute atomic E-state index is 0.0120. The summed E-state index contributed by atoms with van der Waals surface area (Å²) >= 11 is 18.8. The van der Waals surface area contributed by atoms with Crippen LogP contribution in [0.25, 0.3) is 10.9 Å². The fourth-order valence-electron chi connectivity index (χ4n) is 4.30. The predicted octanol–water partition coefficient (Wildman–Crippen LogP) is 6.83. The Hall–Kier alpha value is -2.66. The van der Waals surface area contributed by atoms with Gasteiger partial charge in [-0.1, -0.05) is 65.1 Å². The SMILES string of the molecule is O=C(c1cc2ccccc2[nH]1)N1CCN(c2ccc(Cl)cc2Cl)C(c2ccc(Cl)cc2)C1. The number of nitrogens with one attached hydrogen (secondary N) is 1. The second kappa shape index (κ2) is 8.70. The van der Waals surface area contributed by atoms with Gasteiger partial charge >= 0.3 is 0 Å². The standard InChI is InChI=1S/C25H20Cl3N3O/c26-18-7-5-16(6-8-18)24-15-30(11-12-31(24)23-10-9-19(27)14-20(23)28)25(32)22-13-17-3-1-2-4-21(17)29-22/h1-10,13-14,24,29H,11-12,15H2. The number of halogens is 3. The van der Waals surface area contributed by atoms with Crippen LogP contribution in [0.4, 0.5) is 5.69 Å². The topological polar surface area (TPSA) is 39.3 Å². The molecular formula is C25H20Cl3N3O. The minimum atomic E-state index is -0.0759. The first-order valence-corrected chi connectivity index (χ1v) is 11.5. The van der Waals surface area contributed by atoms with Gasteiger partial charge in [0.15, 0.2) is 0 Å². The molecule has 0 bridgehead atoms. The summed E-state index contributed by atoms with van der Waals surface area (Å²) in [4.78, 5) is 20.7. The molecule has 0 spiro atoms. The van der Waals surface area contributed by atoms with E-state index in [4.69, 9.17) is 34.8 Å². The molecule has 1 aromatic heterocycles. The number of fused-ring (bicyclic) bond motifs is 1. The molecule has 1 atom stereocenters. The first kappa shape index (κ1) is 21.2. The highest BCUT2D eigenvalue weighted by Crippen LogP contribution is 2.37. The minimum Gasteiger partial charge on any atom is -0.360 e. The summed E-state index contributed by atoms with van der Waals surface area (Å²) in [5.41, 5.74) is 3.51. The van der Waals surface area contributed by atoms with Crippen LogP contribution in [-0.2, 0) is 0 Å². The third kappa shape index (κ3) is 4.06. The number of carbonyl (C=O) groups is 1.